The van der Waals surface area contributed by atoms with E-state index in [1.54, 1.807) is 23.9 Å². The van der Waals surface area contributed by atoms with E-state index in [-0.39, 0.29) is 0 Å². The topological polar surface area (TPSA) is 59.3 Å². The van der Waals surface area contributed by atoms with Crippen LogP contribution in [-0.4, -0.2) is 21.9 Å². The fourth-order valence-corrected chi connectivity index (χ4v) is 0.995. The van der Waals surface area contributed by atoms with Crippen molar-refractivity contribution in [2.45, 2.75) is 0 Å². The van der Waals surface area contributed by atoms with Crippen LogP contribution in [0.15, 0.2) is 18.3 Å². The molecule has 0 aliphatic carbocycles. The van der Waals surface area contributed by atoms with Crippen LogP contribution in [0.1, 0.15) is 16.1 Å². The molecule has 1 N–H and O–H groups in total. The molecule has 1 aromatic heterocycles. The zero-order chi connectivity index (χ0) is 9.84. The molecule has 1 rings (SSSR count). The maximum Gasteiger partial charge on any atom is 0.328 e. The summed E-state index contributed by atoms with van der Waals surface area (Å²) in [6.45, 7) is 0. The first-order valence-corrected chi connectivity index (χ1v) is 3.66. The predicted molar refractivity (Wildman–Crippen MR) is 47.5 cm³/mol. The van der Waals surface area contributed by atoms with E-state index in [1.807, 2.05) is 0 Å². The molecule has 0 saturated carbocycles. The van der Waals surface area contributed by atoms with Gasteiger partial charge in [-0.25, -0.2) is 4.79 Å². The van der Waals surface area contributed by atoms with Gasteiger partial charge in [0.1, 0.15) is 0 Å². The first kappa shape index (κ1) is 9.25. The number of carbonyl (C=O) groups is 2. The van der Waals surface area contributed by atoms with Gasteiger partial charge in [-0.15, -0.1) is 0 Å². The maximum absolute atomic E-state index is 10.4. The highest BCUT2D eigenvalue weighted by atomic mass is 16.4. The van der Waals surface area contributed by atoms with Crippen LogP contribution in [0.2, 0.25) is 0 Å². The summed E-state index contributed by atoms with van der Waals surface area (Å²) in [5.41, 5.74) is 1.22. The molecule has 0 aromatic carbocycles. The Morgan fingerprint density at radius 1 is 1.62 bits per heavy atom. The summed E-state index contributed by atoms with van der Waals surface area (Å²) in [7, 11) is 1.74. The van der Waals surface area contributed by atoms with Crippen LogP contribution < -0.4 is 0 Å². The Hall–Kier alpha value is -1.84. The SMILES string of the molecule is Cn1cc(C=O)cc1/C=C\C(=O)O. The highest BCUT2D eigenvalue weighted by Gasteiger charge is 1.98. The summed E-state index contributed by atoms with van der Waals surface area (Å²) in [4.78, 5) is 20.6. The van der Waals surface area contributed by atoms with E-state index in [2.05, 4.69) is 0 Å². The summed E-state index contributed by atoms with van der Waals surface area (Å²) in [6, 6.07) is 1.62. The quantitative estimate of drug-likeness (QED) is 0.554. The van der Waals surface area contributed by atoms with Gasteiger partial charge < -0.3 is 9.67 Å². The molecule has 1 aromatic rings. The van der Waals surface area contributed by atoms with Crippen molar-refractivity contribution in [2.75, 3.05) is 0 Å². The predicted octanol–water partition coefficient (Wildman–Crippen LogP) is 0.935. The molecule has 0 unspecified atom stereocenters. The minimum absolute atomic E-state index is 0.535. The Labute approximate surface area is 75.1 Å². The second-order valence-corrected chi connectivity index (χ2v) is 2.60. The second-order valence-electron chi connectivity index (χ2n) is 2.60. The molecule has 4 heteroatoms. The van der Waals surface area contributed by atoms with Gasteiger partial charge in [-0.05, 0) is 12.1 Å². The van der Waals surface area contributed by atoms with Crippen LogP contribution in [-0.2, 0) is 11.8 Å². The van der Waals surface area contributed by atoms with E-state index in [4.69, 9.17) is 5.11 Å². The number of carbonyl (C=O) groups excluding carboxylic acids is 1. The number of carboxylic acids is 1. The molecule has 0 amide bonds. The summed E-state index contributed by atoms with van der Waals surface area (Å²) in [5, 5.41) is 8.36. The van der Waals surface area contributed by atoms with Crippen molar-refractivity contribution in [3.05, 3.63) is 29.6 Å². The molecule has 0 atom stereocenters. The van der Waals surface area contributed by atoms with Crippen molar-refractivity contribution < 1.29 is 14.7 Å². The van der Waals surface area contributed by atoms with E-state index < -0.39 is 5.97 Å². The number of aromatic nitrogens is 1. The lowest BCUT2D eigenvalue weighted by atomic mass is 10.3. The van der Waals surface area contributed by atoms with Crippen molar-refractivity contribution in [2.24, 2.45) is 7.05 Å². The summed E-state index contributed by atoms with van der Waals surface area (Å²) in [5.74, 6) is -1.01. The molecule has 4 nitrogen and oxygen atoms in total. The molecular weight excluding hydrogens is 170 g/mol. The van der Waals surface area contributed by atoms with Crippen LogP contribution in [0.5, 0.6) is 0 Å². The van der Waals surface area contributed by atoms with Crippen molar-refractivity contribution in [1.82, 2.24) is 4.57 Å². The Bertz CT molecular complexity index is 363. The molecule has 0 aliphatic heterocycles. The standard InChI is InChI=1S/C9H9NO3/c1-10-5-7(6-11)4-8(10)2-3-9(12)13/h2-6H,1H3,(H,12,13)/b3-2-. The number of carboxylic acid groups (broad SMARTS) is 1. The minimum Gasteiger partial charge on any atom is -0.478 e. The number of hydrogen-bond acceptors (Lipinski definition) is 2. The Kier molecular flexibility index (Phi) is 2.64. The molecule has 1 heterocycles. The summed E-state index contributed by atoms with van der Waals surface area (Å²) in [6.07, 6.45) is 4.83. The normalized spacial score (nSPS) is 10.5. The van der Waals surface area contributed by atoms with Gasteiger partial charge in [0.15, 0.2) is 6.29 Å². The average molecular weight is 179 g/mol. The van der Waals surface area contributed by atoms with Crippen molar-refractivity contribution in [3.8, 4) is 0 Å². The Morgan fingerprint density at radius 3 is 2.77 bits per heavy atom. The fraction of sp³-hybridized carbons (Fsp3) is 0.111. The van der Waals surface area contributed by atoms with E-state index in [9.17, 15) is 9.59 Å². The van der Waals surface area contributed by atoms with Crippen LogP contribution >= 0.6 is 0 Å². The first-order chi connectivity index (χ1) is 6.13. The number of aliphatic carboxylic acids is 1. The van der Waals surface area contributed by atoms with Gasteiger partial charge in [-0.3, -0.25) is 4.79 Å². The number of hydrogen-bond donors (Lipinski definition) is 1. The first-order valence-electron chi connectivity index (χ1n) is 3.66. The number of aryl methyl sites for hydroxylation is 1. The molecule has 0 spiro atoms. The lowest BCUT2D eigenvalue weighted by molar-refractivity contribution is -0.131. The second kappa shape index (κ2) is 3.71. The summed E-state index contributed by atoms with van der Waals surface area (Å²) >= 11 is 0. The van der Waals surface area contributed by atoms with Crippen LogP contribution in [0.4, 0.5) is 0 Å². The van der Waals surface area contributed by atoms with E-state index in [0.717, 1.165) is 12.4 Å². The molecule has 0 aliphatic rings. The molecule has 0 fully saturated rings. The molecule has 68 valence electrons. The highest BCUT2D eigenvalue weighted by Crippen LogP contribution is 2.06. The van der Waals surface area contributed by atoms with Crippen LogP contribution in [0, 0.1) is 0 Å². The van der Waals surface area contributed by atoms with Gasteiger partial charge in [0, 0.05) is 30.6 Å². The van der Waals surface area contributed by atoms with Gasteiger partial charge >= 0.3 is 5.97 Å². The third kappa shape index (κ3) is 2.30. The Morgan fingerprint density at radius 2 is 2.31 bits per heavy atom. The van der Waals surface area contributed by atoms with Gasteiger partial charge in [-0.2, -0.15) is 0 Å². The maximum atomic E-state index is 10.4. The van der Waals surface area contributed by atoms with Crippen molar-refractivity contribution in [3.63, 3.8) is 0 Å². The molecular formula is C9H9NO3. The molecule has 0 saturated heterocycles. The molecule has 0 bridgehead atoms. The number of nitrogens with zero attached hydrogens (tertiary/aromatic N) is 1. The summed E-state index contributed by atoms with van der Waals surface area (Å²) < 4.78 is 1.68. The lowest BCUT2D eigenvalue weighted by Gasteiger charge is -1.93. The third-order valence-corrected chi connectivity index (χ3v) is 1.60. The lowest BCUT2D eigenvalue weighted by Crippen LogP contribution is -1.90. The minimum atomic E-state index is -1.01. The Balaban J connectivity index is 2.94. The van der Waals surface area contributed by atoms with E-state index in [1.165, 1.54) is 6.08 Å². The smallest absolute Gasteiger partial charge is 0.328 e. The van der Waals surface area contributed by atoms with E-state index >= 15 is 0 Å². The van der Waals surface area contributed by atoms with Crippen molar-refractivity contribution in [1.29, 1.82) is 0 Å². The van der Waals surface area contributed by atoms with Gasteiger partial charge in [0.2, 0.25) is 0 Å². The third-order valence-electron chi connectivity index (χ3n) is 1.60. The molecule has 0 radical (unpaired) electrons. The monoisotopic (exact) mass is 179 g/mol. The zero-order valence-electron chi connectivity index (χ0n) is 7.10. The van der Waals surface area contributed by atoms with Gasteiger partial charge in [-0.1, -0.05) is 0 Å². The number of rotatable bonds is 3. The highest BCUT2D eigenvalue weighted by molar-refractivity contribution is 5.85. The van der Waals surface area contributed by atoms with Crippen LogP contribution in [0.3, 0.4) is 0 Å². The molecule has 13 heavy (non-hydrogen) atoms. The largest absolute Gasteiger partial charge is 0.478 e. The van der Waals surface area contributed by atoms with Gasteiger partial charge in [0.05, 0.1) is 0 Å². The number of aldehydes is 1. The van der Waals surface area contributed by atoms with E-state index in [0.29, 0.717) is 11.3 Å². The van der Waals surface area contributed by atoms with Crippen molar-refractivity contribution >= 4 is 18.3 Å². The fourth-order valence-electron chi connectivity index (χ4n) is 0.995. The zero-order valence-corrected chi connectivity index (χ0v) is 7.10. The van der Waals surface area contributed by atoms with Gasteiger partial charge in [0.25, 0.3) is 0 Å². The van der Waals surface area contributed by atoms with Crippen LogP contribution in [0.25, 0.3) is 6.08 Å². The average Bonchev–Trinajstić information content (AvgIpc) is 2.43.